The summed E-state index contributed by atoms with van der Waals surface area (Å²) in [5.41, 5.74) is 1.77. The van der Waals surface area contributed by atoms with E-state index < -0.39 is 0 Å². The smallest absolute Gasteiger partial charge is 0.275 e. The van der Waals surface area contributed by atoms with Crippen molar-refractivity contribution in [3.05, 3.63) is 35.9 Å². The third-order valence-corrected chi connectivity index (χ3v) is 3.90. The second-order valence-electron chi connectivity index (χ2n) is 5.82. The van der Waals surface area contributed by atoms with Gasteiger partial charge in [-0.15, -0.1) is 11.3 Å². The molecule has 0 saturated heterocycles. The third-order valence-electron chi connectivity index (χ3n) is 3.01. The molecule has 0 spiro atoms. The summed E-state index contributed by atoms with van der Waals surface area (Å²) in [5.74, 6) is -0.251. The van der Waals surface area contributed by atoms with Crippen molar-refractivity contribution in [1.82, 2.24) is 25.0 Å². The molecule has 0 fully saturated rings. The highest BCUT2D eigenvalue weighted by Gasteiger charge is 2.16. The minimum Gasteiger partial charge on any atom is -0.318 e. The fourth-order valence-corrected chi connectivity index (χ4v) is 2.61. The first-order valence-corrected chi connectivity index (χ1v) is 7.62. The lowest BCUT2D eigenvalue weighted by Crippen LogP contribution is -2.22. The molecular formula is C14H16N6OS. The second kappa shape index (κ2) is 5.38. The molecule has 8 heteroatoms. The van der Waals surface area contributed by atoms with Crippen LogP contribution in [-0.2, 0) is 5.54 Å². The molecule has 0 aliphatic heterocycles. The Hall–Kier alpha value is -2.48. The van der Waals surface area contributed by atoms with Crippen LogP contribution in [0.25, 0.3) is 10.6 Å². The van der Waals surface area contributed by atoms with E-state index in [-0.39, 0.29) is 11.4 Å². The number of H-pyrrole nitrogens is 1. The molecule has 3 rings (SSSR count). The Labute approximate surface area is 131 Å². The SMILES string of the molecule is CC(C)(C)n1cc(NC(=O)c2csc(-c3cn[nH]c3)n2)cn1. The molecule has 0 unspecified atom stereocenters. The Morgan fingerprint density at radius 2 is 2.18 bits per heavy atom. The van der Waals surface area contributed by atoms with Crippen LogP contribution in [0.2, 0.25) is 0 Å². The number of rotatable bonds is 3. The number of anilines is 1. The molecule has 3 heterocycles. The number of carbonyl (C=O) groups excluding carboxylic acids is 1. The predicted molar refractivity (Wildman–Crippen MR) is 84.9 cm³/mol. The average Bonchev–Trinajstić information content (AvgIpc) is 3.18. The topological polar surface area (TPSA) is 88.5 Å². The number of hydrogen-bond acceptors (Lipinski definition) is 5. The summed E-state index contributed by atoms with van der Waals surface area (Å²) in [5, 5.41) is 16.1. The van der Waals surface area contributed by atoms with Crippen LogP contribution < -0.4 is 5.32 Å². The van der Waals surface area contributed by atoms with Crippen molar-refractivity contribution in [3.63, 3.8) is 0 Å². The Morgan fingerprint density at radius 3 is 2.82 bits per heavy atom. The number of aromatic nitrogens is 5. The molecular weight excluding hydrogens is 300 g/mol. The van der Waals surface area contributed by atoms with E-state index in [1.807, 2.05) is 20.8 Å². The van der Waals surface area contributed by atoms with Gasteiger partial charge in [-0.25, -0.2) is 4.98 Å². The van der Waals surface area contributed by atoms with Crippen LogP contribution in [-0.4, -0.2) is 30.9 Å². The van der Waals surface area contributed by atoms with Gasteiger partial charge in [-0.1, -0.05) is 0 Å². The molecule has 0 radical (unpaired) electrons. The minimum atomic E-state index is -0.251. The first kappa shape index (κ1) is 14.5. The molecule has 0 aromatic carbocycles. The first-order chi connectivity index (χ1) is 10.4. The average molecular weight is 316 g/mol. The van der Waals surface area contributed by atoms with Crippen LogP contribution >= 0.6 is 11.3 Å². The normalized spacial score (nSPS) is 11.6. The summed E-state index contributed by atoms with van der Waals surface area (Å²) in [6.45, 7) is 6.13. The molecule has 1 amide bonds. The minimum absolute atomic E-state index is 0.127. The molecule has 0 bridgehead atoms. The van der Waals surface area contributed by atoms with Crippen molar-refractivity contribution < 1.29 is 4.79 Å². The quantitative estimate of drug-likeness (QED) is 0.777. The molecule has 7 nitrogen and oxygen atoms in total. The van der Waals surface area contributed by atoms with Crippen molar-refractivity contribution in [2.75, 3.05) is 5.32 Å². The molecule has 114 valence electrons. The van der Waals surface area contributed by atoms with Gasteiger partial charge in [0, 0.05) is 23.3 Å². The molecule has 2 N–H and O–H groups in total. The summed E-state index contributed by atoms with van der Waals surface area (Å²) < 4.78 is 1.81. The van der Waals surface area contributed by atoms with Crippen molar-refractivity contribution in [2.45, 2.75) is 26.3 Å². The molecule has 0 atom stereocenters. The van der Waals surface area contributed by atoms with Crippen LogP contribution in [0.4, 0.5) is 5.69 Å². The van der Waals surface area contributed by atoms with E-state index in [1.54, 1.807) is 34.8 Å². The van der Waals surface area contributed by atoms with E-state index in [2.05, 4.69) is 25.6 Å². The molecule has 3 aromatic rings. The van der Waals surface area contributed by atoms with Gasteiger partial charge in [-0.2, -0.15) is 10.2 Å². The van der Waals surface area contributed by atoms with Crippen molar-refractivity contribution >= 4 is 22.9 Å². The van der Waals surface area contributed by atoms with Crippen molar-refractivity contribution in [3.8, 4) is 10.6 Å². The van der Waals surface area contributed by atoms with Gasteiger partial charge in [0.15, 0.2) is 0 Å². The summed E-state index contributed by atoms with van der Waals surface area (Å²) >= 11 is 1.40. The molecule has 0 saturated carbocycles. The van der Waals surface area contributed by atoms with Gasteiger partial charge in [-0.05, 0) is 20.8 Å². The Kier molecular flexibility index (Phi) is 3.53. The number of aromatic amines is 1. The van der Waals surface area contributed by atoms with Gasteiger partial charge in [0.1, 0.15) is 10.7 Å². The van der Waals surface area contributed by atoms with E-state index in [0.29, 0.717) is 11.4 Å². The lowest BCUT2D eigenvalue weighted by Gasteiger charge is -2.18. The maximum atomic E-state index is 12.2. The van der Waals surface area contributed by atoms with Crippen LogP contribution in [0, 0.1) is 0 Å². The summed E-state index contributed by atoms with van der Waals surface area (Å²) in [4.78, 5) is 16.6. The number of nitrogens with zero attached hydrogens (tertiary/aromatic N) is 4. The van der Waals surface area contributed by atoms with Gasteiger partial charge in [0.2, 0.25) is 0 Å². The van der Waals surface area contributed by atoms with E-state index in [1.165, 1.54) is 11.3 Å². The standard InChI is InChI=1S/C14H16N6OS/c1-14(2,3)20-7-10(6-17-20)18-12(21)11-8-22-13(19-11)9-4-15-16-5-9/h4-8H,1-3H3,(H,15,16)(H,18,21). The number of amides is 1. The number of carbonyl (C=O) groups is 1. The molecule has 22 heavy (non-hydrogen) atoms. The fraction of sp³-hybridized carbons (Fsp3) is 0.286. The van der Waals surface area contributed by atoms with Crippen LogP contribution in [0.5, 0.6) is 0 Å². The monoisotopic (exact) mass is 316 g/mol. The van der Waals surface area contributed by atoms with E-state index in [4.69, 9.17) is 0 Å². The van der Waals surface area contributed by atoms with Gasteiger partial charge in [0.05, 0.1) is 23.6 Å². The largest absolute Gasteiger partial charge is 0.318 e. The molecule has 0 aliphatic carbocycles. The highest BCUT2D eigenvalue weighted by atomic mass is 32.1. The molecule has 0 aliphatic rings. The number of hydrogen-bond donors (Lipinski definition) is 2. The Morgan fingerprint density at radius 1 is 1.36 bits per heavy atom. The van der Waals surface area contributed by atoms with Crippen LogP contribution in [0.1, 0.15) is 31.3 Å². The third kappa shape index (κ3) is 2.91. The van der Waals surface area contributed by atoms with E-state index >= 15 is 0 Å². The maximum Gasteiger partial charge on any atom is 0.275 e. The van der Waals surface area contributed by atoms with Gasteiger partial charge in [-0.3, -0.25) is 14.6 Å². The number of nitrogens with one attached hydrogen (secondary N) is 2. The Bertz CT molecular complexity index is 780. The van der Waals surface area contributed by atoms with Crippen LogP contribution in [0.15, 0.2) is 30.2 Å². The molecule has 3 aromatic heterocycles. The number of thiazole rings is 1. The lowest BCUT2D eigenvalue weighted by molar-refractivity contribution is 0.102. The van der Waals surface area contributed by atoms with Gasteiger partial charge < -0.3 is 5.32 Å². The summed E-state index contributed by atoms with van der Waals surface area (Å²) in [6.07, 6.45) is 6.86. The van der Waals surface area contributed by atoms with Crippen molar-refractivity contribution in [1.29, 1.82) is 0 Å². The second-order valence-corrected chi connectivity index (χ2v) is 6.68. The maximum absolute atomic E-state index is 12.2. The summed E-state index contributed by atoms with van der Waals surface area (Å²) in [6, 6.07) is 0. The highest BCUT2D eigenvalue weighted by molar-refractivity contribution is 7.13. The van der Waals surface area contributed by atoms with E-state index in [0.717, 1.165) is 10.6 Å². The lowest BCUT2D eigenvalue weighted by atomic mass is 10.1. The predicted octanol–water partition coefficient (Wildman–Crippen LogP) is 2.74. The zero-order valence-corrected chi connectivity index (χ0v) is 13.3. The highest BCUT2D eigenvalue weighted by Crippen LogP contribution is 2.23. The zero-order valence-electron chi connectivity index (χ0n) is 12.5. The van der Waals surface area contributed by atoms with Gasteiger partial charge in [0.25, 0.3) is 5.91 Å². The van der Waals surface area contributed by atoms with Crippen molar-refractivity contribution in [2.24, 2.45) is 0 Å². The Balaban J connectivity index is 1.74. The zero-order chi connectivity index (χ0) is 15.7. The fourth-order valence-electron chi connectivity index (χ4n) is 1.83. The van der Waals surface area contributed by atoms with Gasteiger partial charge >= 0.3 is 0 Å². The van der Waals surface area contributed by atoms with Crippen LogP contribution in [0.3, 0.4) is 0 Å². The van der Waals surface area contributed by atoms with E-state index in [9.17, 15) is 4.79 Å². The summed E-state index contributed by atoms with van der Waals surface area (Å²) in [7, 11) is 0. The first-order valence-electron chi connectivity index (χ1n) is 6.75.